The second-order valence-corrected chi connectivity index (χ2v) is 4.63. The Morgan fingerprint density at radius 2 is 2.00 bits per heavy atom. The Morgan fingerprint density at radius 1 is 1.24 bits per heavy atom. The molecular formula is C15H13FN4O. The number of amides is 1. The number of carbonyl (C=O) groups is 1. The molecule has 3 aromatic rings. The lowest BCUT2D eigenvalue weighted by molar-refractivity contribution is 0.0952. The van der Waals surface area contributed by atoms with Crippen molar-refractivity contribution in [2.75, 3.05) is 5.73 Å². The van der Waals surface area contributed by atoms with Gasteiger partial charge in [-0.3, -0.25) is 4.79 Å². The van der Waals surface area contributed by atoms with Gasteiger partial charge in [0.25, 0.3) is 5.91 Å². The molecule has 0 bridgehead atoms. The average molecular weight is 284 g/mol. The summed E-state index contributed by atoms with van der Waals surface area (Å²) in [5, 5.41) is 2.78. The molecule has 0 saturated heterocycles. The second-order valence-electron chi connectivity index (χ2n) is 4.63. The molecule has 2 aromatic carbocycles. The summed E-state index contributed by atoms with van der Waals surface area (Å²) in [7, 11) is 0. The fourth-order valence-electron chi connectivity index (χ4n) is 2.11. The third-order valence-electron chi connectivity index (χ3n) is 3.14. The largest absolute Gasteiger partial charge is 0.369 e. The summed E-state index contributed by atoms with van der Waals surface area (Å²) in [6.45, 7) is 0.315. The van der Waals surface area contributed by atoms with Gasteiger partial charge in [-0.1, -0.05) is 18.2 Å². The SMILES string of the molecule is Nc1nc2c(C(=O)NCc3ccc(F)cc3)cccc2[nH]1. The molecule has 106 valence electrons. The number of carbonyl (C=O) groups excluding carboxylic acids is 1. The van der Waals surface area contributed by atoms with Crippen molar-refractivity contribution in [2.45, 2.75) is 6.54 Å². The van der Waals surface area contributed by atoms with Gasteiger partial charge < -0.3 is 16.0 Å². The predicted octanol–water partition coefficient (Wildman–Crippen LogP) is 2.21. The van der Waals surface area contributed by atoms with Gasteiger partial charge in [-0.15, -0.1) is 0 Å². The number of H-pyrrole nitrogens is 1. The van der Waals surface area contributed by atoms with Crippen LogP contribution in [0.3, 0.4) is 0 Å². The normalized spacial score (nSPS) is 10.7. The lowest BCUT2D eigenvalue weighted by Crippen LogP contribution is -2.23. The zero-order valence-electron chi connectivity index (χ0n) is 11.1. The van der Waals surface area contributed by atoms with Crippen LogP contribution < -0.4 is 11.1 Å². The summed E-state index contributed by atoms with van der Waals surface area (Å²) in [6.07, 6.45) is 0. The van der Waals surface area contributed by atoms with Crippen molar-refractivity contribution >= 4 is 22.9 Å². The number of nitrogens with two attached hydrogens (primary N) is 1. The topological polar surface area (TPSA) is 83.8 Å². The number of halogens is 1. The average Bonchev–Trinajstić information content (AvgIpc) is 2.86. The van der Waals surface area contributed by atoms with E-state index in [1.165, 1.54) is 12.1 Å². The van der Waals surface area contributed by atoms with E-state index in [1.54, 1.807) is 30.3 Å². The molecule has 0 aliphatic heterocycles. The molecule has 0 radical (unpaired) electrons. The molecule has 6 heteroatoms. The van der Waals surface area contributed by atoms with Crippen LogP contribution in [0.5, 0.6) is 0 Å². The lowest BCUT2D eigenvalue weighted by Gasteiger charge is -2.06. The number of anilines is 1. The summed E-state index contributed by atoms with van der Waals surface area (Å²) in [4.78, 5) is 19.2. The van der Waals surface area contributed by atoms with Gasteiger partial charge in [-0.05, 0) is 29.8 Å². The lowest BCUT2D eigenvalue weighted by atomic mass is 10.1. The minimum atomic E-state index is -0.304. The number of rotatable bonds is 3. The molecule has 3 rings (SSSR count). The summed E-state index contributed by atoms with van der Waals surface area (Å²) >= 11 is 0. The monoisotopic (exact) mass is 284 g/mol. The Morgan fingerprint density at radius 3 is 2.76 bits per heavy atom. The number of hydrogen-bond donors (Lipinski definition) is 3. The van der Waals surface area contributed by atoms with E-state index in [0.29, 0.717) is 23.1 Å². The Labute approximate surface area is 120 Å². The zero-order chi connectivity index (χ0) is 14.8. The van der Waals surface area contributed by atoms with Crippen LogP contribution in [0.4, 0.5) is 10.3 Å². The fourth-order valence-corrected chi connectivity index (χ4v) is 2.11. The van der Waals surface area contributed by atoms with E-state index in [-0.39, 0.29) is 17.7 Å². The number of aromatic amines is 1. The molecule has 0 aliphatic carbocycles. The molecule has 1 aromatic heterocycles. The maximum atomic E-state index is 12.8. The zero-order valence-corrected chi connectivity index (χ0v) is 11.1. The number of aromatic nitrogens is 2. The second kappa shape index (κ2) is 5.24. The van der Waals surface area contributed by atoms with E-state index in [4.69, 9.17) is 5.73 Å². The minimum Gasteiger partial charge on any atom is -0.369 e. The quantitative estimate of drug-likeness (QED) is 0.689. The van der Waals surface area contributed by atoms with Crippen LogP contribution in [0.15, 0.2) is 42.5 Å². The van der Waals surface area contributed by atoms with E-state index >= 15 is 0 Å². The van der Waals surface area contributed by atoms with Crippen LogP contribution in [0.2, 0.25) is 0 Å². The molecule has 4 N–H and O–H groups in total. The molecule has 1 heterocycles. The van der Waals surface area contributed by atoms with Crippen LogP contribution in [0.25, 0.3) is 11.0 Å². The molecule has 0 aliphatic rings. The van der Waals surface area contributed by atoms with Crippen molar-refractivity contribution < 1.29 is 9.18 Å². The highest BCUT2D eigenvalue weighted by molar-refractivity contribution is 6.05. The fraction of sp³-hybridized carbons (Fsp3) is 0.0667. The highest BCUT2D eigenvalue weighted by Crippen LogP contribution is 2.17. The predicted molar refractivity (Wildman–Crippen MR) is 78.1 cm³/mol. The van der Waals surface area contributed by atoms with Crippen molar-refractivity contribution in [1.29, 1.82) is 0 Å². The number of para-hydroxylation sites is 1. The van der Waals surface area contributed by atoms with Crippen molar-refractivity contribution in [3.63, 3.8) is 0 Å². The van der Waals surface area contributed by atoms with Crippen molar-refractivity contribution in [3.8, 4) is 0 Å². The number of nitrogens with zero attached hydrogens (tertiary/aromatic N) is 1. The Hall–Kier alpha value is -2.89. The molecule has 0 unspecified atom stereocenters. The summed E-state index contributed by atoms with van der Waals surface area (Å²) < 4.78 is 12.8. The molecule has 0 spiro atoms. The van der Waals surface area contributed by atoms with Crippen LogP contribution >= 0.6 is 0 Å². The first-order chi connectivity index (χ1) is 10.1. The van der Waals surface area contributed by atoms with Crippen molar-refractivity contribution in [2.24, 2.45) is 0 Å². The standard InChI is InChI=1S/C15H13FN4O/c16-10-6-4-9(5-7-10)8-18-14(21)11-2-1-3-12-13(11)20-15(17)19-12/h1-7H,8H2,(H,18,21)(H3,17,19,20). The Bertz CT molecular complexity index is 795. The molecular weight excluding hydrogens is 271 g/mol. The number of benzene rings is 2. The molecule has 0 saturated carbocycles. The Kier molecular flexibility index (Phi) is 3.27. The third-order valence-corrected chi connectivity index (χ3v) is 3.14. The third kappa shape index (κ3) is 2.69. The van der Waals surface area contributed by atoms with E-state index in [0.717, 1.165) is 5.56 Å². The summed E-state index contributed by atoms with van der Waals surface area (Å²) in [5.41, 5.74) is 8.11. The van der Waals surface area contributed by atoms with Crippen molar-refractivity contribution in [3.05, 3.63) is 59.4 Å². The van der Waals surface area contributed by atoms with E-state index in [2.05, 4.69) is 15.3 Å². The number of nitrogens with one attached hydrogen (secondary N) is 2. The number of imidazole rings is 1. The van der Waals surface area contributed by atoms with Gasteiger partial charge in [0.05, 0.1) is 11.1 Å². The summed E-state index contributed by atoms with van der Waals surface area (Å²) in [5.74, 6) is -0.290. The minimum absolute atomic E-state index is 0.253. The van der Waals surface area contributed by atoms with Gasteiger partial charge in [-0.25, -0.2) is 9.37 Å². The maximum absolute atomic E-state index is 12.8. The number of nitrogen functional groups attached to an aromatic ring is 1. The van der Waals surface area contributed by atoms with E-state index < -0.39 is 0 Å². The van der Waals surface area contributed by atoms with Crippen LogP contribution in [0.1, 0.15) is 15.9 Å². The van der Waals surface area contributed by atoms with Crippen LogP contribution in [-0.2, 0) is 6.54 Å². The van der Waals surface area contributed by atoms with Gasteiger partial charge in [0.2, 0.25) is 0 Å². The van der Waals surface area contributed by atoms with E-state index in [9.17, 15) is 9.18 Å². The first-order valence-electron chi connectivity index (χ1n) is 6.40. The molecule has 21 heavy (non-hydrogen) atoms. The molecule has 5 nitrogen and oxygen atoms in total. The number of hydrogen-bond acceptors (Lipinski definition) is 3. The molecule has 0 fully saturated rings. The smallest absolute Gasteiger partial charge is 0.253 e. The highest BCUT2D eigenvalue weighted by Gasteiger charge is 2.12. The van der Waals surface area contributed by atoms with E-state index in [1.807, 2.05) is 0 Å². The van der Waals surface area contributed by atoms with Gasteiger partial charge in [0, 0.05) is 6.54 Å². The number of fused-ring (bicyclic) bond motifs is 1. The first-order valence-corrected chi connectivity index (χ1v) is 6.40. The maximum Gasteiger partial charge on any atom is 0.253 e. The van der Waals surface area contributed by atoms with Gasteiger partial charge in [-0.2, -0.15) is 0 Å². The first kappa shape index (κ1) is 13.1. The highest BCUT2D eigenvalue weighted by atomic mass is 19.1. The molecule has 0 atom stereocenters. The van der Waals surface area contributed by atoms with Crippen LogP contribution in [-0.4, -0.2) is 15.9 Å². The summed E-state index contributed by atoms with van der Waals surface area (Å²) in [6, 6.07) is 11.2. The van der Waals surface area contributed by atoms with Gasteiger partial charge in [0.1, 0.15) is 11.3 Å². The van der Waals surface area contributed by atoms with Crippen LogP contribution in [0, 0.1) is 5.82 Å². The van der Waals surface area contributed by atoms with Gasteiger partial charge in [0.15, 0.2) is 5.95 Å². The van der Waals surface area contributed by atoms with Crippen molar-refractivity contribution in [1.82, 2.24) is 15.3 Å². The Balaban J connectivity index is 1.79. The molecule has 1 amide bonds. The van der Waals surface area contributed by atoms with Gasteiger partial charge >= 0.3 is 0 Å².